The first-order valence-electron chi connectivity index (χ1n) is 9.10. The van der Waals surface area contributed by atoms with Gasteiger partial charge in [0.2, 0.25) is 0 Å². The van der Waals surface area contributed by atoms with Crippen LogP contribution in [0, 0.1) is 5.92 Å². The van der Waals surface area contributed by atoms with Crippen LogP contribution in [-0.4, -0.2) is 5.11 Å². The van der Waals surface area contributed by atoms with E-state index < -0.39 is 11.7 Å². The largest absolute Gasteiger partial charge is 0.508 e. The average molecular weight is 364 g/mol. The molecule has 0 spiro atoms. The van der Waals surface area contributed by atoms with Crippen molar-refractivity contribution in [2.75, 3.05) is 0 Å². The van der Waals surface area contributed by atoms with Gasteiger partial charge in [0.25, 0.3) is 0 Å². The van der Waals surface area contributed by atoms with Gasteiger partial charge in [0.1, 0.15) is 17.6 Å². The van der Waals surface area contributed by atoms with Crippen LogP contribution in [0.3, 0.4) is 0 Å². The monoisotopic (exact) mass is 364 g/mol. The highest BCUT2D eigenvalue weighted by Crippen LogP contribution is 2.54. The molecular formula is C21H23F3O2. The highest BCUT2D eigenvalue weighted by molar-refractivity contribution is 5.45. The average Bonchev–Trinajstić information content (AvgIpc) is 3.12. The summed E-state index contributed by atoms with van der Waals surface area (Å²) in [7, 11) is 0. The number of benzene rings is 2. The van der Waals surface area contributed by atoms with Crippen molar-refractivity contribution in [2.24, 2.45) is 5.92 Å². The molecular weight excluding hydrogens is 341 g/mol. The molecule has 1 heterocycles. The van der Waals surface area contributed by atoms with Gasteiger partial charge in [0.15, 0.2) is 0 Å². The van der Waals surface area contributed by atoms with Gasteiger partial charge in [-0.2, -0.15) is 13.2 Å². The van der Waals surface area contributed by atoms with Crippen LogP contribution < -0.4 is 4.74 Å². The summed E-state index contributed by atoms with van der Waals surface area (Å²) in [6.45, 7) is 4.00. The van der Waals surface area contributed by atoms with E-state index in [1.807, 2.05) is 26.0 Å². The lowest BCUT2D eigenvalue weighted by molar-refractivity contribution is -0.137. The van der Waals surface area contributed by atoms with Crippen molar-refractivity contribution < 1.29 is 23.0 Å². The Balaban J connectivity index is 0.000000948. The smallest absolute Gasteiger partial charge is 0.416 e. The van der Waals surface area contributed by atoms with E-state index in [9.17, 15) is 18.3 Å². The fourth-order valence-electron chi connectivity index (χ4n) is 4.06. The van der Waals surface area contributed by atoms with Gasteiger partial charge in [0.05, 0.1) is 5.56 Å². The van der Waals surface area contributed by atoms with Crippen LogP contribution in [0.4, 0.5) is 13.2 Å². The van der Waals surface area contributed by atoms with Crippen molar-refractivity contribution in [2.45, 2.75) is 51.3 Å². The van der Waals surface area contributed by atoms with Crippen molar-refractivity contribution in [3.8, 4) is 11.5 Å². The maximum atomic E-state index is 13.0. The van der Waals surface area contributed by atoms with E-state index in [0.717, 1.165) is 30.9 Å². The van der Waals surface area contributed by atoms with Crippen LogP contribution in [0.1, 0.15) is 61.8 Å². The molecule has 5 heteroatoms. The summed E-state index contributed by atoms with van der Waals surface area (Å²) in [5, 5.41) is 9.46. The van der Waals surface area contributed by atoms with Gasteiger partial charge in [-0.3, -0.25) is 0 Å². The van der Waals surface area contributed by atoms with Gasteiger partial charge < -0.3 is 9.84 Å². The SMILES string of the molecule is CC.Oc1ccc(C2Oc3ccc(C(F)(F)F)cc3C3CCCC32)cc1. The van der Waals surface area contributed by atoms with Gasteiger partial charge >= 0.3 is 6.18 Å². The molecule has 1 saturated carbocycles. The third-order valence-electron chi connectivity index (χ3n) is 5.17. The molecule has 1 aliphatic carbocycles. The van der Waals surface area contributed by atoms with Gasteiger partial charge in [-0.05, 0) is 60.2 Å². The van der Waals surface area contributed by atoms with Crippen molar-refractivity contribution in [3.63, 3.8) is 0 Å². The number of halogens is 3. The van der Waals surface area contributed by atoms with Gasteiger partial charge in [0, 0.05) is 5.92 Å². The number of fused-ring (bicyclic) bond motifs is 3. The van der Waals surface area contributed by atoms with Crippen LogP contribution in [0.2, 0.25) is 0 Å². The molecule has 2 aliphatic rings. The Hall–Kier alpha value is -2.17. The van der Waals surface area contributed by atoms with Crippen molar-refractivity contribution >= 4 is 0 Å². The van der Waals surface area contributed by atoms with Crippen molar-refractivity contribution in [3.05, 3.63) is 59.2 Å². The summed E-state index contributed by atoms with van der Waals surface area (Å²) in [4.78, 5) is 0. The zero-order chi connectivity index (χ0) is 18.9. The Morgan fingerprint density at radius 3 is 2.35 bits per heavy atom. The Labute approximate surface area is 151 Å². The Kier molecular flexibility index (Phi) is 5.17. The van der Waals surface area contributed by atoms with Crippen LogP contribution in [0.25, 0.3) is 0 Å². The minimum Gasteiger partial charge on any atom is -0.508 e. The first-order valence-corrected chi connectivity index (χ1v) is 9.10. The quantitative estimate of drug-likeness (QED) is 0.630. The molecule has 1 aliphatic heterocycles. The second-order valence-corrected chi connectivity index (χ2v) is 6.58. The molecule has 3 atom stereocenters. The van der Waals surface area contributed by atoms with Crippen molar-refractivity contribution in [1.29, 1.82) is 0 Å². The fourth-order valence-corrected chi connectivity index (χ4v) is 4.06. The summed E-state index contributed by atoms with van der Waals surface area (Å²) >= 11 is 0. The lowest BCUT2D eigenvalue weighted by atomic mass is 9.79. The molecule has 0 bridgehead atoms. The lowest BCUT2D eigenvalue weighted by Gasteiger charge is -2.36. The van der Waals surface area contributed by atoms with Crippen molar-refractivity contribution in [1.82, 2.24) is 0 Å². The van der Waals surface area contributed by atoms with Gasteiger partial charge in [-0.25, -0.2) is 0 Å². The number of phenols is 1. The third kappa shape index (κ3) is 3.39. The van der Waals surface area contributed by atoms with Crippen LogP contribution >= 0.6 is 0 Å². The number of ether oxygens (including phenoxy) is 1. The molecule has 26 heavy (non-hydrogen) atoms. The Bertz CT molecular complexity index is 753. The number of hydrogen-bond acceptors (Lipinski definition) is 2. The zero-order valence-corrected chi connectivity index (χ0v) is 14.9. The molecule has 4 rings (SSSR count). The molecule has 0 saturated heterocycles. The highest BCUT2D eigenvalue weighted by Gasteiger charge is 2.43. The van der Waals surface area contributed by atoms with E-state index in [1.54, 1.807) is 12.1 Å². The second kappa shape index (κ2) is 7.22. The second-order valence-electron chi connectivity index (χ2n) is 6.58. The molecule has 2 aromatic carbocycles. The molecule has 3 unspecified atom stereocenters. The minimum absolute atomic E-state index is 0.0925. The van der Waals surface area contributed by atoms with Gasteiger partial charge in [-0.1, -0.05) is 32.4 Å². The van der Waals surface area contributed by atoms with E-state index in [4.69, 9.17) is 4.74 Å². The summed E-state index contributed by atoms with van der Waals surface area (Å²) in [6.07, 6.45) is -1.70. The number of hydrogen-bond donors (Lipinski definition) is 1. The topological polar surface area (TPSA) is 29.5 Å². The zero-order valence-electron chi connectivity index (χ0n) is 14.9. The normalized spacial score (nSPS) is 24.0. The molecule has 2 aromatic rings. The Morgan fingerprint density at radius 1 is 1.00 bits per heavy atom. The molecule has 1 N–H and O–H groups in total. The summed E-state index contributed by atoms with van der Waals surface area (Å²) in [5.41, 5.74) is 1.02. The molecule has 1 fully saturated rings. The Morgan fingerprint density at radius 2 is 1.69 bits per heavy atom. The van der Waals surface area contributed by atoms with Crippen LogP contribution in [0.15, 0.2) is 42.5 Å². The summed E-state index contributed by atoms with van der Waals surface area (Å²) in [5.74, 6) is 0.998. The predicted octanol–water partition coefficient (Wildman–Crippen LogP) is 6.45. The van der Waals surface area contributed by atoms with E-state index in [0.29, 0.717) is 11.3 Å². The number of phenolic OH excluding ortho intramolecular Hbond substituents is 1. The van der Waals surface area contributed by atoms with Crippen LogP contribution in [0.5, 0.6) is 11.5 Å². The molecule has 0 aromatic heterocycles. The number of rotatable bonds is 1. The first-order chi connectivity index (χ1) is 12.4. The summed E-state index contributed by atoms with van der Waals surface area (Å²) < 4.78 is 45.1. The van der Waals surface area contributed by atoms with Crippen LogP contribution in [-0.2, 0) is 6.18 Å². The molecule has 0 amide bonds. The number of aromatic hydroxyl groups is 1. The van der Waals surface area contributed by atoms with Gasteiger partial charge in [-0.15, -0.1) is 0 Å². The van der Waals surface area contributed by atoms with E-state index in [-0.39, 0.29) is 23.7 Å². The third-order valence-corrected chi connectivity index (χ3v) is 5.17. The van der Waals surface area contributed by atoms with E-state index in [2.05, 4.69) is 0 Å². The maximum Gasteiger partial charge on any atom is 0.416 e. The lowest BCUT2D eigenvalue weighted by Crippen LogP contribution is -2.27. The minimum atomic E-state index is -4.34. The first kappa shape index (κ1) is 18.6. The predicted molar refractivity (Wildman–Crippen MR) is 94.3 cm³/mol. The van der Waals surface area contributed by atoms with E-state index >= 15 is 0 Å². The number of alkyl halides is 3. The standard InChI is InChI=1S/C19H17F3O2.C2H6/c20-19(21,22)12-6-9-17-16(10-12)14-2-1-3-15(14)18(24-17)11-4-7-13(23)8-5-11;1-2/h4-10,14-15,18,23H,1-3H2;1-2H3. The molecule has 2 nitrogen and oxygen atoms in total. The molecule has 140 valence electrons. The fraction of sp³-hybridized carbons (Fsp3) is 0.429. The summed E-state index contributed by atoms with van der Waals surface area (Å²) in [6, 6.07) is 10.7. The maximum absolute atomic E-state index is 13.0. The molecule has 0 radical (unpaired) electrons. The van der Waals surface area contributed by atoms with E-state index in [1.165, 1.54) is 12.1 Å². The highest BCUT2D eigenvalue weighted by atomic mass is 19.4.